The average molecular weight is 847 g/mol. The lowest BCUT2D eigenvalue weighted by atomic mass is 9.96. The smallest absolute Gasteiger partial charge is 0.328 e. The molecule has 338 valence electrons. The number of hydrogen-bond donors (Lipinski definition) is 15. The fourth-order valence-electron chi connectivity index (χ4n) is 5.22. The highest BCUT2D eigenvalue weighted by Crippen LogP contribution is 2.12. The van der Waals surface area contributed by atoms with E-state index < -0.39 is 133 Å². The van der Waals surface area contributed by atoms with Crippen LogP contribution in [0.5, 0.6) is 0 Å². The van der Waals surface area contributed by atoms with Crippen LogP contribution < -0.4 is 54.0 Å². The second-order valence-corrected chi connectivity index (χ2v) is 14.8. The standard InChI is InChI=1S/C36H66N10O13/c1-9-18(6)27(35(57)46-28(19(7)49)33(55)40-13-24(50)41-22(14-47)31(53)43-23(15-48)36(58)59)45-30(52)21(11-10-12-39-20(8)37)42-34(56)26(16(2)3)44-32(54)25(38)29(51)17(4)5/h16-19,21-23,25-29,39,47-49,51H,8-15,37-38H2,1-7H3,(H,40,55)(H,41,50)(H,42,56)(H,43,53)(H,44,54)(H,45,52)(H,46,57)(H,58,59)/t18-,19-,21+,22-,23-,25?,26-,27-,28-,29+/m0/s1. The van der Waals surface area contributed by atoms with Crippen LogP contribution >= 0.6 is 0 Å². The Morgan fingerprint density at radius 3 is 1.61 bits per heavy atom. The molecule has 0 saturated heterocycles. The number of aliphatic carboxylic acids is 1. The van der Waals surface area contributed by atoms with Gasteiger partial charge in [-0.05, 0) is 37.5 Å². The van der Waals surface area contributed by atoms with E-state index in [2.05, 4.69) is 43.8 Å². The lowest BCUT2D eigenvalue weighted by Crippen LogP contribution is -2.62. The van der Waals surface area contributed by atoms with Crippen molar-refractivity contribution in [1.29, 1.82) is 0 Å². The van der Waals surface area contributed by atoms with Crippen molar-refractivity contribution in [2.24, 2.45) is 29.2 Å². The lowest BCUT2D eigenvalue weighted by Gasteiger charge is -2.30. The van der Waals surface area contributed by atoms with E-state index in [1.54, 1.807) is 41.5 Å². The predicted octanol–water partition coefficient (Wildman–Crippen LogP) is -5.69. The molecule has 0 spiro atoms. The molecule has 0 aliphatic carbocycles. The maximum absolute atomic E-state index is 13.9. The van der Waals surface area contributed by atoms with Gasteiger partial charge in [0.25, 0.3) is 0 Å². The van der Waals surface area contributed by atoms with Gasteiger partial charge in [0.2, 0.25) is 41.4 Å². The first kappa shape index (κ1) is 53.9. The molecule has 0 rings (SSSR count). The summed E-state index contributed by atoms with van der Waals surface area (Å²) in [6.07, 6.45) is -2.13. The number of amides is 7. The maximum atomic E-state index is 13.9. The van der Waals surface area contributed by atoms with Crippen LogP contribution in [0.15, 0.2) is 12.4 Å². The number of carboxylic acids is 1. The van der Waals surface area contributed by atoms with Gasteiger partial charge in [0, 0.05) is 6.54 Å². The minimum atomic E-state index is -1.72. The van der Waals surface area contributed by atoms with Crippen LogP contribution in [-0.2, 0) is 38.4 Å². The molecule has 17 N–H and O–H groups in total. The van der Waals surface area contributed by atoms with E-state index in [9.17, 15) is 53.7 Å². The van der Waals surface area contributed by atoms with Gasteiger partial charge >= 0.3 is 5.97 Å². The monoisotopic (exact) mass is 846 g/mol. The molecule has 0 radical (unpaired) electrons. The van der Waals surface area contributed by atoms with E-state index >= 15 is 0 Å². The third kappa shape index (κ3) is 19.0. The summed E-state index contributed by atoms with van der Waals surface area (Å²) in [7, 11) is 0. The fourth-order valence-corrected chi connectivity index (χ4v) is 5.22. The number of nitrogens with two attached hydrogens (primary N) is 2. The number of aliphatic hydroxyl groups is 4. The highest BCUT2D eigenvalue weighted by Gasteiger charge is 2.36. The van der Waals surface area contributed by atoms with Crippen molar-refractivity contribution < 1.29 is 63.9 Å². The molecule has 0 aliphatic heterocycles. The second kappa shape index (κ2) is 26.8. The predicted molar refractivity (Wildman–Crippen MR) is 212 cm³/mol. The Labute approximate surface area is 343 Å². The summed E-state index contributed by atoms with van der Waals surface area (Å²) in [5.74, 6) is -9.34. The summed E-state index contributed by atoms with van der Waals surface area (Å²) in [5, 5.41) is 67.5. The summed E-state index contributed by atoms with van der Waals surface area (Å²) >= 11 is 0. The third-order valence-corrected chi connectivity index (χ3v) is 9.17. The van der Waals surface area contributed by atoms with Gasteiger partial charge in [-0.1, -0.05) is 54.5 Å². The molecule has 0 aromatic heterocycles. The summed E-state index contributed by atoms with van der Waals surface area (Å²) < 4.78 is 0. The Kier molecular flexibility index (Phi) is 24.5. The van der Waals surface area contributed by atoms with E-state index in [1.165, 1.54) is 6.92 Å². The van der Waals surface area contributed by atoms with E-state index in [4.69, 9.17) is 21.7 Å². The molecule has 1 unspecified atom stereocenters. The molecule has 0 heterocycles. The minimum Gasteiger partial charge on any atom is -0.480 e. The Morgan fingerprint density at radius 1 is 0.627 bits per heavy atom. The third-order valence-electron chi connectivity index (χ3n) is 9.17. The fraction of sp³-hybridized carbons (Fsp3) is 0.722. The van der Waals surface area contributed by atoms with Crippen molar-refractivity contribution >= 4 is 47.3 Å². The number of carbonyl (C=O) groups is 8. The van der Waals surface area contributed by atoms with Crippen LogP contribution in [0.3, 0.4) is 0 Å². The van der Waals surface area contributed by atoms with Crippen molar-refractivity contribution in [3.05, 3.63) is 12.4 Å². The Balaban J connectivity index is 6.10. The van der Waals surface area contributed by atoms with E-state index in [0.717, 1.165) is 0 Å². The molecular formula is C36H66N10O13. The molecule has 10 atom stereocenters. The quantitative estimate of drug-likeness (QED) is 0.0326. The van der Waals surface area contributed by atoms with E-state index in [1.807, 2.05) is 5.32 Å². The van der Waals surface area contributed by atoms with Crippen molar-refractivity contribution in [2.45, 2.75) is 122 Å². The number of carboxylic acid groups (broad SMARTS) is 1. The second-order valence-electron chi connectivity index (χ2n) is 14.8. The topological polar surface area (TPSA) is 386 Å². The minimum absolute atomic E-state index is 0.0121. The first-order valence-corrected chi connectivity index (χ1v) is 19.3. The number of nitrogens with one attached hydrogen (secondary N) is 8. The van der Waals surface area contributed by atoms with Crippen LogP contribution in [-0.4, -0.2) is 154 Å². The van der Waals surface area contributed by atoms with Gasteiger partial charge in [0.05, 0.1) is 37.8 Å². The molecule has 59 heavy (non-hydrogen) atoms. The Bertz CT molecular complexity index is 1450. The molecule has 0 saturated carbocycles. The summed E-state index contributed by atoms with van der Waals surface area (Å²) in [6.45, 7) is 12.2. The molecule has 0 aromatic rings. The van der Waals surface area contributed by atoms with Crippen molar-refractivity contribution in [2.75, 3.05) is 26.3 Å². The Morgan fingerprint density at radius 2 is 1.14 bits per heavy atom. The normalized spacial score (nSPS) is 16.3. The summed E-state index contributed by atoms with van der Waals surface area (Å²) in [4.78, 5) is 103. The van der Waals surface area contributed by atoms with Gasteiger partial charge < -0.3 is 79.5 Å². The van der Waals surface area contributed by atoms with Gasteiger partial charge in [0.1, 0.15) is 42.3 Å². The average Bonchev–Trinajstić information content (AvgIpc) is 3.17. The molecule has 0 bridgehead atoms. The van der Waals surface area contributed by atoms with Crippen LogP contribution in [0.25, 0.3) is 0 Å². The van der Waals surface area contributed by atoms with Gasteiger partial charge in [-0.2, -0.15) is 0 Å². The van der Waals surface area contributed by atoms with Gasteiger partial charge in [-0.3, -0.25) is 33.6 Å². The van der Waals surface area contributed by atoms with Gasteiger partial charge in [-0.15, -0.1) is 0 Å². The molecule has 23 nitrogen and oxygen atoms in total. The molecule has 23 heteroatoms. The lowest BCUT2D eigenvalue weighted by molar-refractivity contribution is -0.143. The molecular weight excluding hydrogens is 780 g/mol. The van der Waals surface area contributed by atoms with Gasteiger partial charge in [0.15, 0.2) is 0 Å². The van der Waals surface area contributed by atoms with Crippen LogP contribution in [0.1, 0.15) is 67.7 Å². The van der Waals surface area contributed by atoms with Gasteiger partial charge in [-0.25, -0.2) is 4.79 Å². The number of aliphatic hydroxyl groups excluding tert-OH is 4. The van der Waals surface area contributed by atoms with E-state index in [-0.39, 0.29) is 31.1 Å². The Hall–Kier alpha value is -5.10. The molecule has 0 fully saturated rings. The zero-order chi connectivity index (χ0) is 45.7. The van der Waals surface area contributed by atoms with Crippen molar-refractivity contribution in [3.63, 3.8) is 0 Å². The number of carbonyl (C=O) groups excluding carboxylic acids is 7. The number of rotatable bonds is 28. The van der Waals surface area contributed by atoms with Crippen LogP contribution in [0.2, 0.25) is 0 Å². The first-order valence-electron chi connectivity index (χ1n) is 19.3. The first-order chi connectivity index (χ1) is 27.4. The zero-order valence-corrected chi connectivity index (χ0v) is 34.7. The summed E-state index contributed by atoms with van der Waals surface area (Å²) in [6, 6.07) is -10.2. The largest absolute Gasteiger partial charge is 0.480 e. The highest BCUT2D eigenvalue weighted by atomic mass is 16.4. The van der Waals surface area contributed by atoms with E-state index in [0.29, 0.717) is 6.42 Å². The molecule has 0 aromatic carbocycles. The summed E-state index contributed by atoms with van der Waals surface area (Å²) in [5.41, 5.74) is 11.5. The highest BCUT2D eigenvalue weighted by molar-refractivity contribution is 5.97. The molecule has 7 amide bonds. The van der Waals surface area contributed by atoms with Crippen molar-refractivity contribution in [3.8, 4) is 0 Å². The van der Waals surface area contributed by atoms with Crippen LogP contribution in [0, 0.1) is 17.8 Å². The molecule has 0 aliphatic rings. The number of hydrogen-bond acceptors (Lipinski definition) is 15. The zero-order valence-electron chi connectivity index (χ0n) is 34.7. The van der Waals surface area contributed by atoms with Crippen LogP contribution in [0.4, 0.5) is 0 Å². The SMILES string of the molecule is C=C(N)NCCC[C@@H](NC(=O)[C@@H](NC(=O)C(N)[C@H](O)C(C)C)C(C)C)C(=O)N[C@H](C(=O)N[C@H](C(=O)NCC(=O)N[C@@H](CO)C(=O)N[C@@H](CO)C(=O)O)[C@H](C)O)[C@@H](C)CC. The van der Waals surface area contributed by atoms with Crippen molar-refractivity contribution in [1.82, 2.24) is 42.5 Å². The maximum Gasteiger partial charge on any atom is 0.328 e.